The molecule has 0 aliphatic carbocycles. The first-order valence-electron chi connectivity index (χ1n) is 5.99. The van der Waals surface area contributed by atoms with Crippen molar-refractivity contribution in [3.05, 3.63) is 33.8 Å². The lowest BCUT2D eigenvalue weighted by atomic mass is 10.0. The molecule has 0 saturated carbocycles. The van der Waals surface area contributed by atoms with Gasteiger partial charge in [-0.25, -0.2) is 0 Å². The van der Waals surface area contributed by atoms with Gasteiger partial charge in [0.1, 0.15) is 0 Å². The van der Waals surface area contributed by atoms with Gasteiger partial charge in [-0.05, 0) is 37.1 Å². The van der Waals surface area contributed by atoms with E-state index in [0.29, 0.717) is 16.1 Å². The van der Waals surface area contributed by atoms with Crippen LogP contribution in [0.25, 0.3) is 0 Å². The molecule has 2 rings (SSSR count). The number of hydrogen-bond donors (Lipinski definition) is 1. The van der Waals surface area contributed by atoms with Crippen molar-refractivity contribution in [1.29, 1.82) is 0 Å². The van der Waals surface area contributed by atoms with E-state index in [1.807, 2.05) is 18.2 Å². The van der Waals surface area contributed by atoms with Crippen molar-refractivity contribution in [3.63, 3.8) is 0 Å². The average molecular weight is 274 g/mol. The molecule has 1 aliphatic rings. The minimum absolute atomic E-state index is 0.237. The molecular weight excluding hydrogens is 257 g/mol. The van der Waals surface area contributed by atoms with Gasteiger partial charge in [0.05, 0.1) is 16.7 Å². The minimum atomic E-state index is 0.237. The summed E-state index contributed by atoms with van der Waals surface area (Å²) in [6.07, 6.45) is 3.50. The first-order valence-corrected chi connectivity index (χ1v) is 6.75. The van der Waals surface area contributed by atoms with E-state index in [1.165, 1.54) is 12.8 Å². The summed E-state index contributed by atoms with van der Waals surface area (Å²) >= 11 is 11.9. The number of likely N-dealkylation sites (tertiary alicyclic amines) is 1. The van der Waals surface area contributed by atoms with E-state index in [2.05, 4.69) is 4.90 Å². The summed E-state index contributed by atoms with van der Waals surface area (Å²) in [5.41, 5.74) is 1.15. The topological polar surface area (TPSA) is 23.5 Å². The van der Waals surface area contributed by atoms with Crippen LogP contribution in [0.2, 0.25) is 10.0 Å². The van der Waals surface area contributed by atoms with Crippen molar-refractivity contribution < 1.29 is 5.11 Å². The number of halogens is 2. The first-order chi connectivity index (χ1) is 8.20. The Morgan fingerprint density at radius 3 is 2.76 bits per heavy atom. The van der Waals surface area contributed by atoms with E-state index in [-0.39, 0.29) is 6.61 Å². The molecule has 94 valence electrons. The SMILES string of the molecule is OC[C@@H]1CCCCN1Cc1ccc(Cl)c(Cl)c1. The summed E-state index contributed by atoms with van der Waals surface area (Å²) in [5, 5.41) is 10.5. The Kier molecular flexibility index (Phi) is 4.69. The van der Waals surface area contributed by atoms with E-state index >= 15 is 0 Å². The molecule has 1 heterocycles. The Hall–Kier alpha value is -0.280. The van der Waals surface area contributed by atoms with Crippen LogP contribution >= 0.6 is 23.2 Å². The number of rotatable bonds is 3. The smallest absolute Gasteiger partial charge is 0.0595 e. The van der Waals surface area contributed by atoms with Gasteiger partial charge in [0, 0.05) is 12.6 Å². The Morgan fingerprint density at radius 2 is 2.06 bits per heavy atom. The number of aliphatic hydroxyl groups excluding tert-OH is 1. The van der Waals surface area contributed by atoms with Crippen molar-refractivity contribution in [2.24, 2.45) is 0 Å². The van der Waals surface area contributed by atoms with E-state index in [4.69, 9.17) is 23.2 Å². The summed E-state index contributed by atoms with van der Waals surface area (Å²) in [7, 11) is 0. The van der Waals surface area contributed by atoms with E-state index < -0.39 is 0 Å². The highest BCUT2D eigenvalue weighted by molar-refractivity contribution is 6.42. The maximum atomic E-state index is 9.35. The zero-order valence-corrected chi connectivity index (χ0v) is 11.2. The second-order valence-electron chi connectivity index (χ2n) is 4.55. The summed E-state index contributed by atoms with van der Waals surface area (Å²) in [5.74, 6) is 0. The molecule has 17 heavy (non-hydrogen) atoms. The second kappa shape index (κ2) is 6.05. The van der Waals surface area contributed by atoms with Crippen LogP contribution in [0.15, 0.2) is 18.2 Å². The van der Waals surface area contributed by atoms with E-state index in [1.54, 1.807) is 0 Å². The highest BCUT2D eigenvalue weighted by Gasteiger charge is 2.21. The lowest BCUT2D eigenvalue weighted by Gasteiger charge is -2.34. The molecule has 1 N–H and O–H groups in total. The van der Waals surface area contributed by atoms with Gasteiger partial charge >= 0.3 is 0 Å². The molecule has 0 bridgehead atoms. The number of benzene rings is 1. The molecule has 1 aromatic carbocycles. The molecular formula is C13H17Cl2NO. The van der Waals surface area contributed by atoms with Gasteiger partial charge in [0.15, 0.2) is 0 Å². The van der Waals surface area contributed by atoms with Crippen molar-refractivity contribution in [3.8, 4) is 0 Å². The number of piperidine rings is 1. The molecule has 0 unspecified atom stereocenters. The van der Waals surface area contributed by atoms with Crippen molar-refractivity contribution in [1.82, 2.24) is 4.90 Å². The summed E-state index contributed by atoms with van der Waals surface area (Å²) < 4.78 is 0. The zero-order chi connectivity index (χ0) is 12.3. The van der Waals surface area contributed by atoms with Crippen molar-refractivity contribution in [2.75, 3.05) is 13.2 Å². The normalized spacial score (nSPS) is 21.7. The summed E-state index contributed by atoms with van der Waals surface area (Å²) in [6, 6.07) is 6.03. The first kappa shape index (κ1) is 13.2. The van der Waals surface area contributed by atoms with Crippen LogP contribution in [0, 0.1) is 0 Å². The van der Waals surface area contributed by atoms with Crippen LogP contribution in [0.3, 0.4) is 0 Å². The molecule has 1 saturated heterocycles. The lowest BCUT2D eigenvalue weighted by molar-refractivity contribution is 0.0841. The van der Waals surface area contributed by atoms with Crippen LogP contribution in [0.5, 0.6) is 0 Å². The molecule has 4 heteroatoms. The van der Waals surface area contributed by atoms with Crippen LogP contribution in [0.1, 0.15) is 24.8 Å². The maximum Gasteiger partial charge on any atom is 0.0595 e. The van der Waals surface area contributed by atoms with Crippen molar-refractivity contribution >= 4 is 23.2 Å². The number of aliphatic hydroxyl groups is 1. The fourth-order valence-electron chi connectivity index (χ4n) is 2.35. The molecule has 1 aromatic rings. The van der Waals surface area contributed by atoms with E-state index in [0.717, 1.165) is 25.1 Å². The Labute approximate surface area is 112 Å². The quantitative estimate of drug-likeness (QED) is 0.913. The number of hydrogen-bond acceptors (Lipinski definition) is 2. The molecule has 1 aliphatic heterocycles. The van der Waals surface area contributed by atoms with Crippen LogP contribution < -0.4 is 0 Å². The van der Waals surface area contributed by atoms with Crippen LogP contribution in [-0.2, 0) is 6.54 Å². The Balaban J connectivity index is 2.05. The zero-order valence-electron chi connectivity index (χ0n) is 9.70. The minimum Gasteiger partial charge on any atom is -0.395 e. The van der Waals surface area contributed by atoms with Gasteiger partial charge in [-0.3, -0.25) is 4.90 Å². The van der Waals surface area contributed by atoms with Gasteiger partial charge in [-0.1, -0.05) is 35.7 Å². The van der Waals surface area contributed by atoms with Gasteiger partial charge in [-0.2, -0.15) is 0 Å². The largest absolute Gasteiger partial charge is 0.395 e. The molecule has 2 nitrogen and oxygen atoms in total. The highest BCUT2D eigenvalue weighted by Crippen LogP contribution is 2.25. The molecule has 1 atom stereocenters. The molecule has 0 spiro atoms. The Morgan fingerprint density at radius 1 is 1.24 bits per heavy atom. The fourth-order valence-corrected chi connectivity index (χ4v) is 2.67. The summed E-state index contributed by atoms with van der Waals surface area (Å²) in [4.78, 5) is 2.32. The second-order valence-corrected chi connectivity index (χ2v) is 5.37. The molecule has 0 amide bonds. The third-order valence-electron chi connectivity index (χ3n) is 3.33. The Bertz CT molecular complexity index is 384. The molecule has 1 fully saturated rings. The average Bonchev–Trinajstić information content (AvgIpc) is 2.34. The molecule has 0 radical (unpaired) electrons. The van der Waals surface area contributed by atoms with Crippen LogP contribution in [0.4, 0.5) is 0 Å². The molecule has 0 aromatic heterocycles. The summed E-state index contributed by atoms with van der Waals surface area (Å²) in [6.45, 7) is 2.12. The van der Waals surface area contributed by atoms with Crippen LogP contribution in [-0.4, -0.2) is 29.2 Å². The highest BCUT2D eigenvalue weighted by atomic mass is 35.5. The van der Waals surface area contributed by atoms with Gasteiger partial charge in [-0.15, -0.1) is 0 Å². The van der Waals surface area contributed by atoms with Gasteiger partial charge in [0.2, 0.25) is 0 Å². The standard InChI is InChI=1S/C13H17Cl2NO/c14-12-5-4-10(7-13(12)15)8-16-6-2-1-3-11(16)9-17/h4-5,7,11,17H,1-3,6,8-9H2/t11-/m0/s1. The monoisotopic (exact) mass is 273 g/mol. The van der Waals surface area contributed by atoms with Gasteiger partial charge < -0.3 is 5.11 Å². The van der Waals surface area contributed by atoms with Crippen molar-refractivity contribution in [2.45, 2.75) is 31.8 Å². The fraction of sp³-hybridized carbons (Fsp3) is 0.538. The van der Waals surface area contributed by atoms with Gasteiger partial charge in [0.25, 0.3) is 0 Å². The predicted molar refractivity (Wildman–Crippen MR) is 71.6 cm³/mol. The predicted octanol–water partition coefficient (Wildman–Crippen LogP) is 3.34. The number of nitrogens with zero attached hydrogens (tertiary/aromatic N) is 1. The maximum absolute atomic E-state index is 9.35. The third-order valence-corrected chi connectivity index (χ3v) is 4.07. The lowest BCUT2D eigenvalue weighted by Crippen LogP contribution is -2.41. The van der Waals surface area contributed by atoms with E-state index in [9.17, 15) is 5.11 Å². The third kappa shape index (κ3) is 3.35.